The Hall–Kier alpha value is -1.05. The number of nitrogens with one attached hydrogen (secondary N) is 1. The van der Waals surface area contributed by atoms with Gasteiger partial charge in [-0.2, -0.15) is 0 Å². The zero-order chi connectivity index (χ0) is 13.8. The second-order valence-electron chi connectivity index (χ2n) is 4.02. The first-order chi connectivity index (χ1) is 8.38. The Morgan fingerprint density at radius 2 is 1.89 bits per heavy atom. The molecule has 0 spiro atoms. The molecule has 7 heteroatoms. The molecule has 1 rings (SSSR count). The summed E-state index contributed by atoms with van der Waals surface area (Å²) < 4.78 is 52.2. The molecule has 2 N–H and O–H groups in total. The van der Waals surface area contributed by atoms with E-state index in [0.717, 1.165) is 18.2 Å². The number of sulfonamides is 1. The van der Waals surface area contributed by atoms with E-state index in [2.05, 4.69) is 4.72 Å². The van der Waals surface area contributed by atoms with E-state index in [1.54, 1.807) is 6.92 Å². The molecule has 0 fully saturated rings. The van der Waals surface area contributed by atoms with E-state index >= 15 is 0 Å². The molecule has 18 heavy (non-hydrogen) atoms. The van der Waals surface area contributed by atoms with Gasteiger partial charge in [-0.1, -0.05) is 13.0 Å². The van der Waals surface area contributed by atoms with Gasteiger partial charge in [0, 0.05) is 13.2 Å². The Morgan fingerprint density at radius 1 is 1.33 bits per heavy atom. The lowest BCUT2D eigenvalue weighted by Crippen LogP contribution is -2.30. The van der Waals surface area contributed by atoms with Crippen molar-refractivity contribution in [2.75, 3.05) is 13.2 Å². The number of aliphatic hydroxyl groups is 1. The summed E-state index contributed by atoms with van der Waals surface area (Å²) in [6, 6.07) is 2.86. The fourth-order valence-corrected chi connectivity index (χ4v) is 2.68. The van der Waals surface area contributed by atoms with Crippen LogP contribution in [0.1, 0.15) is 13.3 Å². The lowest BCUT2D eigenvalue weighted by atomic mass is 10.1. The van der Waals surface area contributed by atoms with Gasteiger partial charge in [-0.3, -0.25) is 0 Å². The van der Waals surface area contributed by atoms with Gasteiger partial charge in [0.15, 0.2) is 4.90 Å². The topological polar surface area (TPSA) is 66.4 Å². The van der Waals surface area contributed by atoms with Crippen molar-refractivity contribution in [3.63, 3.8) is 0 Å². The summed E-state index contributed by atoms with van der Waals surface area (Å²) in [4.78, 5) is -0.971. The monoisotopic (exact) mass is 279 g/mol. The molecule has 0 saturated carbocycles. The zero-order valence-corrected chi connectivity index (χ0v) is 10.7. The molecule has 0 aliphatic carbocycles. The molecule has 0 amide bonds. The van der Waals surface area contributed by atoms with Gasteiger partial charge in [-0.05, 0) is 24.5 Å². The predicted molar refractivity (Wildman–Crippen MR) is 62.4 cm³/mol. The first kappa shape index (κ1) is 15.0. The molecule has 0 aromatic heterocycles. The van der Waals surface area contributed by atoms with Crippen LogP contribution < -0.4 is 4.72 Å². The maximum Gasteiger partial charge on any atom is 0.246 e. The normalized spacial score (nSPS) is 13.6. The Kier molecular flexibility index (Phi) is 5.18. The lowest BCUT2D eigenvalue weighted by Gasteiger charge is -2.12. The van der Waals surface area contributed by atoms with Crippen molar-refractivity contribution in [3.05, 3.63) is 29.8 Å². The van der Waals surface area contributed by atoms with Crippen LogP contribution in [0.4, 0.5) is 8.78 Å². The van der Waals surface area contributed by atoms with Crippen LogP contribution in [0.25, 0.3) is 0 Å². The molecule has 0 aliphatic rings. The van der Waals surface area contributed by atoms with Crippen LogP contribution in [0.5, 0.6) is 0 Å². The second-order valence-corrected chi connectivity index (χ2v) is 5.72. The number of benzene rings is 1. The number of aliphatic hydroxyl groups excluding tert-OH is 1. The summed E-state index contributed by atoms with van der Waals surface area (Å²) >= 11 is 0. The van der Waals surface area contributed by atoms with E-state index in [1.807, 2.05) is 0 Å². The third-order valence-corrected chi connectivity index (χ3v) is 3.91. The highest BCUT2D eigenvalue weighted by Crippen LogP contribution is 2.18. The molecule has 1 aromatic carbocycles. The summed E-state index contributed by atoms with van der Waals surface area (Å²) in [5.74, 6) is -2.38. The molecule has 4 nitrogen and oxygen atoms in total. The van der Waals surface area contributed by atoms with Gasteiger partial charge in [0.1, 0.15) is 11.6 Å². The summed E-state index contributed by atoms with van der Waals surface area (Å²) in [5, 5.41) is 8.67. The molecule has 1 atom stereocenters. The average Bonchev–Trinajstić information content (AvgIpc) is 2.26. The third-order valence-electron chi connectivity index (χ3n) is 2.43. The van der Waals surface area contributed by atoms with E-state index in [9.17, 15) is 17.2 Å². The van der Waals surface area contributed by atoms with E-state index in [1.165, 1.54) is 0 Å². The van der Waals surface area contributed by atoms with Crippen LogP contribution in [0, 0.1) is 17.6 Å². The standard InChI is InChI=1S/C11H15F2NO3S/c1-8(5-6-15)7-14-18(16,17)11-9(12)3-2-4-10(11)13/h2-4,8,14-15H,5-7H2,1H3. The van der Waals surface area contributed by atoms with Crippen molar-refractivity contribution < 1.29 is 22.3 Å². The second kappa shape index (κ2) is 6.21. The van der Waals surface area contributed by atoms with Crippen LogP contribution in [0.3, 0.4) is 0 Å². The molecule has 102 valence electrons. The molecular weight excluding hydrogens is 264 g/mol. The van der Waals surface area contributed by atoms with Gasteiger partial charge < -0.3 is 5.11 Å². The number of hydrogen-bond acceptors (Lipinski definition) is 3. The summed E-state index contributed by atoms with van der Waals surface area (Å²) in [6.07, 6.45) is 0.405. The van der Waals surface area contributed by atoms with E-state index in [-0.39, 0.29) is 19.1 Å². The van der Waals surface area contributed by atoms with Gasteiger partial charge >= 0.3 is 0 Å². The van der Waals surface area contributed by atoms with Crippen molar-refractivity contribution in [2.24, 2.45) is 5.92 Å². The Balaban J connectivity index is 2.87. The Bertz CT molecular complexity index is 485. The maximum absolute atomic E-state index is 13.3. The van der Waals surface area contributed by atoms with Gasteiger partial charge in [0.05, 0.1) is 0 Å². The summed E-state index contributed by atoms with van der Waals surface area (Å²) in [7, 11) is -4.22. The SMILES string of the molecule is CC(CCO)CNS(=O)(=O)c1c(F)cccc1F. The third kappa shape index (κ3) is 3.72. The minimum Gasteiger partial charge on any atom is -0.396 e. The smallest absolute Gasteiger partial charge is 0.246 e. The molecule has 0 aliphatic heterocycles. The minimum atomic E-state index is -4.22. The molecular formula is C11H15F2NO3S. The average molecular weight is 279 g/mol. The molecule has 0 radical (unpaired) electrons. The van der Waals surface area contributed by atoms with Crippen molar-refractivity contribution in [1.29, 1.82) is 0 Å². The predicted octanol–water partition coefficient (Wildman–Crippen LogP) is 1.26. The van der Waals surface area contributed by atoms with E-state index in [4.69, 9.17) is 5.11 Å². The fraction of sp³-hybridized carbons (Fsp3) is 0.455. The maximum atomic E-state index is 13.3. The Labute approximate surface area is 105 Å². The molecule has 1 aromatic rings. The van der Waals surface area contributed by atoms with Gasteiger partial charge in [-0.15, -0.1) is 0 Å². The van der Waals surface area contributed by atoms with E-state index < -0.39 is 26.6 Å². The van der Waals surface area contributed by atoms with Crippen molar-refractivity contribution in [1.82, 2.24) is 4.72 Å². The highest BCUT2D eigenvalue weighted by molar-refractivity contribution is 7.89. The van der Waals surface area contributed by atoms with Crippen LogP contribution in [0.15, 0.2) is 23.1 Å². The quantitative estimate of drug-likeness (QED) is 0.824. The Morgan fingerprint density at radius 3 is 2.39 bits per heavy atom. The molecule has 0 heterocycles. The van der Waals surface area contributed by atoms with E-state index in [0.29, 0.717) is 6.42 Å². The van der Waals surface area contributed by atoms with Crippen molar-refractivity contribution in [2.45, 2.75) is 18.2 Å². The van der Waals surface area contributed by atoms with Crippen LogP contribution >= 0.6 is 0 Å². The lowest BCUT2D eigenvalue weighted by molar-refractivity contribution is 0.263. The number of rotatable bonds is 6. The fourth-order valence-electron chi connectivity index (χ4n) is 1.39. The molecule has 0 bridgehead atoms. The first-order valence-electron chi connectivity index (χ1n) is 5.43. The van der Waals surface area contributed by atoms with Gasteiger partial charge in [0.2, 0.25) is 10.0 Å². The van der Waals surface area contributed by atoms with Crippen molar-refractivity contribution >= 4 is 10.0 Å². The zero-order valence-electron chi connectivity index (χ0n) is 9.86. The summed E-state index contributed by atoms with van der Waals surface area (Å²) in [6.45, 7) is 1.66. The number of halogens is 2. The van der Waals surface area contributed by atoms with Crippen LogP contribution in [0.2, 0.25) is 0 Å². The largest absolute Gasteiger partial charge is 0.396 e. The number of hydrogen-bond donors (Lipinski definition) is 2. The minimum absolute atomic E-state index is 0.0106. The first-order valence-corrected chi connectivity index (χ1v) is 6.91. The van der Waals surface area contributed by atoms with Gasteiger partial charge in [-0.25, -0.2) is 21.9 Å². The van der Waals surface area contributed by atoms with Crippen LogP contribution in [-0.2, 0) is 10.0 Å². The summed E-state index contributed by atoms with van der Waals surface area (Å²) in [5.41, 5.74) is 0. The van der Waals surface area contributed by atoms with Crippen molar-refractivity contribution in [3.8, 4) is 0 Å². The molecule has 0 saturated heterocycles. The van der Waals surface area contributed by atoms with Crippen LogP contribution in [-0.4, -0.2) is 26.7 Å². The highest BCUT2D eigenvalue weighted by atomic mass is 32.2. The highest BCUT2D eigenvalue weighted by Gasteiger charge is 2.23. The molecule has 1 unspecified atom stereocenters. The van der Waals surface area contributed by atoms with Gasteiger partial charge in [0.25, 0.3) is 0 Å².